The van der Waals surface area contributed by atoms with Crippen LogP contribution in [0.2, 0.25) is 0 Å². The van der Waals surface area contributed by atoms with E-state index in [9.17, 15) is 4.79 Å². The second kappa shape index (κ2) is 5.69. The summed E-state index contributed by atoms with van der Waals surface area (Å²) in [7, 11) is 0. The monoisotopic (exact) mass is 226 g/mol. The molecule has 5 N–H and O–H groups in total. The van der Waals surface area contributed by atoms with Gasteiger partial charge in [0.1, 0.15) is 0 Å². The maximum Gasteiger partial charge on any atom is 0.323 e. The minimum atomic E-state index is -0.519. The molecular formula is C8H14N6O2. The topological polar surface area (TPSA) is 129 Å². The van der Waals surface area contributed by atoms with Crippen LogP contribution in [-0.2, 0) is 4.79 Å². The highest BCUT2D eigenvalue weighted by Crippen LogP contribution is 2.08. The van der Waals surface area contributed by atoms with E-state index in [2.05, 4.69) is 20.3 Å². The molecule has 88 valence electrons. The Labute approximate surface area is 92.4 Å². The maximum absolute atomic E-state index is 10.5. The quantitative estimate of drug-likeness (QED) is 0.575. The Kier molecular flexibility index (Phi) is 4.25. The van der Waals surface area contributed by atoms with Crippen LogP contribution in [0.1, 0.15) is 13.3 Å². The zero-order chi connectivity index (χ0) is 12.0. The highest BCUT2D eigenvalue weighted by atomic mass is 16.5. The minimum absolute atomic E-state index is 0.0214. The first kappa shape index (κ1) is 12.0. The molecule has 1 rings (SSSR count). The number of ether oxygens (including phenoxy) is 1. The van der Waals surface area contributed by atoms with Crippen LogP contribution in [0.3, 0.4) is 0 Å². The Morgan fingerprint density at radius 3 is 2.81 bits per heavy atom. The summed E-state index contributed by atoms with van der Waals surface area (Å²) in [5.74, 6) is -0.333. The lowest BCUT2D eigenvalue weighted by atomic mass is 10.5. The molecule has 0 aliphatic carbocycles. The van der Waals surface area contributed by atoms with Crippen molar-refractivity contribution < 1.29 is 9.53 Å². The Balaban J connectivity index is 2.69. The first-order valence-corrected chi connectivity index (χ1v) is 4.78. The van der Waals surface area contributed by atoms with E-state index in [0.29, 0.717) is 6.61 Å². The number of nitrogens with zero attached hydrogens (tertiary/aromatic N) is 3. The summed E-state index contributed by atoms with van der Waals surface area (Å²) in [6.45, 7) is 2.37. The van der Waals surface area contributed by atoms with E-state index in [0.717, 1.165) is 6.42 Å². The zero-order valence-corrected chi connectivity index (χ0v) is 8.93. The second-order valence-corrected chi connectivity index (χ2v) is 2.97. The van der Waals surface area contributed by atoms with Crippen molar-refractivity contribution in [1.29, 1.82) is 0 Å². The van der Waals surface area contributed by atoms with Gasteiger partial charge in [-0.1, -0.05) is 6.92 Å². The van der Waals surface area contributed by atoms with Gasteiger partial charge >= 0.3 is 6.01 Å². The van der Waals surface area contributed by atoms with E-state index >= 15 is 0 Å². The largest absolute Gasteiger partial charge is 0.463 e. The average molecular weight is 226 g/mol. The van der Waals surface area contributed by atoms with Gasteiger partial charge in [-0.2, -0.15) is 15.0 Å². The first-order chi connectivity index (χ1) is 7.61. The molecule has 8 nitrogen and oxygen atoms in total. The summed E-state index contributed by atoms with van der Waals surface area (Å²) in [5, 5.41) is 2.60. The number of nitrogens with one attached hydrogen (secondary N) is 1. The fourth-order valence-corrected chi connectivity index (χ4v) is 0.875. The lowest BCUT2D eigenvalue weighted by Gasteiger charge is -2.06. The third-order valence-electron chi connectivity index (χ3n) is 1.49. The number of carbonyl (C=O) groups excluding carboxylic acids is 1. The smallest absolute Gasteiger partial charge is 0.323 e. The number of nitrogens with two attached hydrogens (primary N) is 2. The third kappa shape index (κ3) is 3.95. The van der Waals surface area contributed by atoms with Crippen molar-refractivity contribution in [2.75, 3.05) is 24.2 Å². The molecule has 1 heterocycles. The molecule has 8 heteroatoms. The van der Waals surface area contributed by atoms with E-state index in [4.69, 9.17) is 16.2 Å². The van der Waals surface area contributed by atoms with Gasteiger partial charge in [-0.15, -0.1) is 0 Å². The number of carbonyl (C=O) groups is 1. The van der Waals surface area contributed by atoms with Crippen molar-refractivity contribution in [3.8, 4) is 6.01 Å². The van der Waals surface area contributed by atoms with Crippen LogP contribution in [0.5, 0.6) is 6.01 Å². The molecule has 16 heavy (non-hydrogen) atoms. The maximum atomic E-state index is 10.5. The number of nitrogen functional groups attached to an aromatic ring is 1. The van der Waals surface area contributed by atoms with E-state index in [1.165, 1.54) is 0 Å². The number of anilines is 2. The number of hydrogen-bond donors (Lipinski definition) is 3. The van der Waals surface area contributed by atoms with Crippen molar-refractivity contribution >= 4 is 17.8 Å². The summed E-state index contributed by atoms with van der Waals surface area (Å²) in [6, 6.07) is 0.126. The number of aromatic nitrogens is 3. The predicted molar refractivity (Wildman–Crippen MR) is 57.7 cm³/mol. The minimum Gasteiger partial charge on any atom is -0.463 e. The Morgan fingerprint density at radius 1 is 1.44 bits per heavy atom. The summed E-state index contributed by atoms with van der Waals surface area (Å²) >= 11 is 0. The third-order valence-corrected chi connectivity index (χ3v) is 1.49. The molecule has 0 unspecified atom stereocenters. The van der Waals surface area contributed by atoms with Gasteiger partial charge in [0.05, 0.1) is 13.2 Å². The van der Waals surface area contributed by atoms with E-state index in [-0.39, 0.29) is 24.5 Å². The molecular weight excluding hydrogens is 212 g/mol. The first-order valence-electron chi connectivity index (χ1n) is 4.78. The molecule has 0 aromatic carbocycles. The van der Waals surface area contributed by atoms with Gasteiger partial charge < -0.3 is 21.5 Å². The molecule has 0 saturated carbocycles. The fourth-order valence-electron chi connectivity index (χ4n) is 0.875. The number of primary amides is 1. The Morgan fingerprint density at radius 2 is 2.19 bits per heavy atom. The van der Waals surface area contributed by atoms with Crippen LogP contribution in [0, 0.1) is 0 Å². The zero-order valence-electron chi connectivity index (χ0n) is 8.93. The van der Waals surface area contributed by atoms with Crippen molar-refractivity contribution in [3.05, 3.63) is 0 Å². The second-order valence-electron chi connectivity index (χ2n) is 2.97. The van der Waals surface area contributed by atoms with Crippen molar-refractivity contribution in [2.24, 2.45) is 5.73 Å². The molecule has 0 aliphatic heterocycles. The fraction of sp³-hybridized carbons (Fsp3) is 0.500. The SMILES string of the molecule is CCCOc1nc(N)nc(NCC(N)=O)n1. The van der Waals surface area contributed by atoms with Gasteiger partial charge in [0.15, 0.2) is 0 Å². The summed E-state index contributed by atoms with van der Waals surface area (Å²) < 4.78 is 5.19. The number of rotatable bonds is 6. The van der Waals surface area contributed by atoms with Gasteiger partial charge in [0.2, 0.25) is 17.8 Å². The standard InChI is InChI=1S/C8H14N6O2/c1-2-3-16-8-13-6(10)12-7(14-8)11-4-5(9)15/h2-4H2,1H3,(H2,9,15)(H3,10,11,12,13,14). The van der Waals surface area contributed by atoms with Crippen LogP contribution < -0.4 is 21.5 Å². The van der Waals surface area contributed by atoms with Gasteiger partial charge in [0.25, 0.3) is 0 Å². The van der Waals surface area contributed by atoms with Gasteiger partial charge in [0, 0.05) is 0 Å². The lowest BCUT2D eigenvalue weighted by Crippen LogP contribution is -2.23. The molecule has 1 aromatic heterocycles. The van der Waals surface area contributed by atoms with Gasteiger partial charge in [-0.05, 0) is 6.42 Å². The molecule has 1 amide bonds. The van der Waals surface area contributed by atoms with Crippen molar-refractivity contribution in [2.45, 2.75) is 13.3 Å². The molecule has 0 saturated heterocycles. The number of hydrogen-bond acceptors (Lipinski definition) is 7. The molecule has 0 spiro atoms. The highest BCUT2D eigenvalue weighted by Gasteiger charge is 2.05. The molecule has 0 fully saturated rings. The van der Waals surface area contributed by atoms with Crippen molar-refractivity contribution in [3.63, 3.8) is 0 Å². The summed E-state index contributed by atoms with van der Waals surface area (Å²) in [4.78, 5) is 22.0. The molecule has 0 atom stereocenters. The van der Waals surface area contributed by atoms with E-state index in [1.54, 1.807) is 0 Å². The molecule has 0 aliphatic rings. The normalized spacial score (nSPS) is 9.81. The van der Waals surface area contributed by atoms with Gasteiger partial charge in [-0.3, -0.25) is 4.79 Å². The van der Waals surface area contributed by atoms with Gasteiger partial charge in [-0.25, -0.2) is 0 Å². The molecule has 0 bridgehead atoms. The average Bonchev–Trinajstić information content (AvgIpc) is 2.23. The van der Waals surface area contributed by atoms with Crippen LogP contribution in [0.4, 0.5) is 11.9 Å². The van der Waals surface area contributed by atoms with Crippen LogP contribution in [0.15, 0.2) is 0 Å². The Hall–Kier alpha value is -2.12. The molecule has 1 aromatic rings. The van der Waals surface area contributed by atoms with E-state index in [1.807, 2.05) is 6.92 Å². The van der Waals surface area contributed by atoms with E-state index < -0.39 is 5.91 Å². The van der Waals surface area contributed by atoms with Crippen LogP contribution >= 0.6 is 0 Å². The molecule has 0 radical (unpaired) electrons. The number of amides is 1. The van der Waals surface area contributed by atoms with Crippen LogP contribution in [0.25, 0.3) is 0 Å². The van der Waals surface area contributed by atoms with Crippen LogP contribution in [-0.4, -0.2) is 34.0 Å². The predicted octanol–water partition coefficient (Wildman–Crippen LogP) is -0.860. The highest BCUT2D eigenvalue weighted by molar-refractivity contribution is 5.78. The van der Waals surface area contributed by atoms with Crippen molar-refractivity contribution in [1.82, 2.24) is 15.0 Å². The Bertz CT molecular complexity index is 370. The lowest BCUT2D eigenvalue weighted by molar-refractivity contribution is -0.116. The summed E-state index contributed by atoms with van der Waals surface area (Å²) in [5.41, 5.74) is 10.4. The summed E-state index contributed by atoms with van der Waals surface area (Å²) in [6.07, 6.45) is 0.829.